The van der Waals surface area contributed by atoms with Crippen molar-refractivity contribution in [1.82, 2.24) is 4.98 Å². The lowest BCUT2D eigenvalue weighted by Gasteiger charge is -2.03. The molecule has 1 heterocycles. The number of aryl methyl sites for hydroxylation is 2. The summed E-state index contributed by atoms with van der Waals surface area (Å²) in [5.74, 6) is -0.715. The van der Waals surface area contributed by atoms with Crippen molar-refractivity contribution in [3.63, 3.8) is 0 Å². The van der Waals surface area contributed by atoms with E-state index in [0.29, 0.717) is 24.4 Å². The topological polar surface area (TPSA) is 52.0 Å². The van der Waals surface area contributed by atoms with Crippen molar-refractivity contribution in [3.05, 3.63) is 41.4 Å². The molecule has 3 nitrogen and oxygen atoms in total. The number of hydrogen-bond acceptors (Lipinski definition) is 3. The Morgan fingerprint density at radius 3 is 2.83 bits per heavy atom. The molecule has 1 aromatic heterocycles. The second kappa shape index (κ2) is 5.27. The molecule has 0 saturated heterocycles. The lowest BCUT2D eigenvalue weighted by atomic mass is 10.1. The zero-order chi connectivity index (χ0) is 13.1. The fraction of sp³-hybridized carbons (Fsp3) is 0.308. The monoisotopic (exact) mass is 252 g/mol. The molecule has 18 heavy (non-hydrogen) atoms. The average molecular weight is 252 g/mol. The van der Waals surface area contributed by atoms with Crippen molar-refractivity contribution in [2.24, 2.45) is 5.73 Å². The Morgan fingerprint density at radius 2 is 2.11 bits per heavy atom. The number of nitrogens with two attached hydrogens (primary N) is 1. The Morgan fingerprint density at radius 1 is 1.33 bits per heavy atom. The summed E-state index contributed by atoms with van der Waals surface area (Å²) in [7, 11) is 0. The maximum atomic E-state index is 13.9. The van der Waals surface area contributed by atoms with Crippen LogP contribution in [-0.2, 0) is 6.42 Å². The molecule has 0 aliphatic heterocycles. The molecule has 0 amide bonds. The number of halogens is 2. The van der Waals surface area contributed by atoms with Gasteiger partial charge in [-0.2, -0.15) is 0 Å². The molecule has 1 aromatic carbocycles. The van der Waals surface area contributed by atoms with Crippen molar-refractivity contribution < 1.29 is 13.2 Å². The van der Waals surface area contributed by atoms with Gasteiger partial charge >= 0.3 is 0 Å². The van der Waals surface area contributed by atoms with Crippen molar-refractivity contribution >= 4 is 0 Å². The minimum atomic E-state index is -0.653. The zero-order valence-electron chi connectivity index (χ0n) is 10.0. The van der Waals surface area contributed by atoms with Gasteiger partial charge in [-0.15, -0.1) is 0 Å². The minimum Gasteiger partial charge on any atom is -0.441 e. The van der Waals surface area contributed by atoms with Gasteiger partial charge in [0.2, 0.25) is 0 Å². The highest BCUT2D eigenvalue weighted by Gasteiger charge is 2.17. The van der Waals surface area contributed by atoms with Gasteiger partial charge in [0, 0.05) is 6.42 Å². The maximum Gasteiger partial charge on any atom is 0.194 e. The molecular formula is C13H14F2N2O. The molecule has 2 rings (SSSR count). The van der Waals surface area contributed by atoms with Crippen LogP contribution in [0.15, 0.2) is 22.7 Å². The molecule has 0 aliphatic rings. The maximum absolute atomic E-state index is 13.9. The van der Waals surface area contributed by atoms with E-state index in [4.69, 9.17) is 10.2 Å². The third-order valence-electron chi connectivity index (χ3n) is 2.68. The molecule has 96 valence electrons. The molecule has 0 bridgehead atoms. The highest BCUT2D eigenvalue weighted by molar-refractivity contribution is 5.59. The molecule has 0 radical (unpaired) electrons. The zero-order valence-corrected chi connectivity index (χ0v) is 10.0. The van der Waals surface area contributed by atoms with Crippen LogP contribution in [0, 0.1) is 18.6 Å². The Labute approximate surface area is 104 Å². The molecule has 0 spiro atoms. The van der Waals surface area contributed by atoms with E-state index in [1.807, 2.05) is 0 Å². The number of aromatic nitrogens is 1. The number of oxazole rings is 1. The van der Waals surface area contributed by atoms with Gasteiger partial charge in [-0.3, -0.25) is 0 Å². The molecule has 2 N–H and O–H groups in total. The molecular weight excluding hydrogens is 238 g/mol. The van der Waals surface area contributed by atoms with Crippen LogP contribution in [0.4, 0.5) is 8.78 Å². The van der Waals surface area contributed by atoms with E-state index in [1.54, 1.807) is 6.92 Å². The number of benzene rings is 1. The van der Waals surface area contributed by atoms with E-state index in [0.717, 1.165) is 6.42 Å². The van der Waals surface area contributed by atoms with Crippen LogP contribution < -0.4 is 5.73 Å². The average Bonchev–Trinajstić information content (AvgIpc) is 2.80. The Hall–Kier alpha value is -1.75. The van der Waals surface area contributed by atoms with Crippen molar-refractivity contribution in [2.75, 3.05) is 6.54 Å². The summed E-state index contributed by atoms with van der Waals surface area (Å²) in [6.45, 7) is 2.09. The quantitative estimate of drug-likeness (QED) is 0.910. The predicted molar refractivity (Wildman–Crippen MR) is 64.0 cm³/mol. The Balaban J connectivity index is 2.37. The van der Waals surface area contributed by atoms with Gasteiger partial charge < -0.3 is 10.2 Å². The minimum absolute atomic E-state index is 0.112. The second-order valence-corrected chi connectivity index (χ2v) is 4.06. The molecule has 0 unspecified atom stereocenters. The van der Waals surface area contributed by atoms with Gasteiger partial charge in [0.05, 0.1) is 11.8 Å². The summed E-state index contributed by atoms with van der Waals surface area (Å²) >= 11 is 0. The lowest BCUT2D eigenvalue weighted by molar-refractivity contribution is 0.489. The Bertz CT molecular complexity index is 552. The SMILES string of the molecule is Cc1ccc(F)c(-c2cnc(CCCN)o2)c1F. The van der Waals surface area contributed by atoms with Gasteiger partial charge in [-0.1, -0.05) is 6.07 Å². The van der Waals surface area contributed by atoms with Crippen molar-refractivity contribution in [3.8, 4) is 11.3 Å². The van der Waals surface area contributed by atoms with Crippen LogP contribution in [-0.4, -0.2) is 11.5 Å². The van der Waals surface area contributed by atoms with E-state index >= 15 is 0 Å². The molecule has 0 saturated carbocycles. The summed E-state index contributed by atoms with van der Waals surface area (Å²) in [5, 5.41) is 0. The summed E-state index contributed by atoms with van der Waals surface area (Å²) in [4.78, 5) is 3.99. The lowest BCUT2D eigenvalue weighted by Crippen LogP contribution is -2.00. The predicted octanol–water partition coefficient (Wildman–Crippen LogP) is 2.82. The van der Waals surface area contributed by atoms with Gasteiger partial charge in [0.1, 0.15) is 11.6 Å². The largest absolute Gasteiger partial charge is 0.441 e. The van der Waals surface area contributed by atoms with E-state index in [9.17, 15) is 8.78 Å². The van der Waals surface area contributed by atoms with Gasteiger partial charge in [-0.25, -0.2) is 13.8 Å². The Kier molecular flexibility index (Phi) is 3.72. The van der Waals surface area contributed by atoms with Crippen molar-refractivity contribution in [1.29, 1.82) is 0 Å². The fourth-order valence-corrected chi connectivity index (χ4v) is 1.68. The number of hydrogen-bond donors (Lipinski definition) is 1. The van der Waals surface area contributed by atoms with Crippen LogP contribution >= 0.6 is 0 Å². The highest BCUT2D eigenvalue weighted by Crippen LogP contribution is 2.28. The van der Waals surface area contributed by atoms with Crippen molar-refractivity contribution in [2.45, 2.75) is 19.8 Å². The molecule has 0 atom stereocenters. The van der Waals surface area contributed by atoms with Gasteiger partial charge in [-0.05, 0) is 31.5 Å². The molecule has 0 fully saturated rings. The van der Waals surface area contributed by atoms with Gasteiger partial charge in [0.15, 0.2) is 11.7 Å². The smallest absolute Gasteiger partial charge is 0.194 e. The highest BCUT2D eigenvalue weighted by atomic mass is 19.1. The van der Waals surface area contributed by atoms with Crippen LogP contribution in [0.3, 0.4) is 0 Å². The summed E-state index contributed by atoms with van der Waals surface area (Å²) < 4.78 is 32.8. The van der Waals surface area contributed by atoms with E-state index in [2.05, 4.69) is 4.98 Å². The first-order valence-corrected chi connectivity index (χ1v) is 5.73. The third-order valence-corrected chi connectivity index (χ3v) is 2.68. The number of rotatable bonds is 4. The fourth-order valence-electron chi connectivity index (χ4n) is 1.68. The number of nitrogens with zero attached hydrogens (tertiary/aromatic N) is 1. The van der Waals surface area contributed by atoms with Crippen LogP contribution in [0.2, 0.25) is 0 Å². The van der Waals surface area contributed by atoms with E-state index in [-0.39, 0.29) is 11.3 Å². The van der Waals surface area contributed by atoms with E-state index in [1.165, 1.54) is 18.3 Å². The summed E-state index contributed by atoms with van der Waals surface area (Å²) in [6, 6.07) is 2.61. The third kappa shape index (κ3) is 2.41. The molecule has 5 heteroatoms. The van der Waals surface area contributed by atoms with Crippen LogP contribution in [0.25, 0.3) is 11.3 Å². The first kappa shape index (κ1) is 12.7. The van der Waals surface area contributed by atoms with Crippen LogP contribution in [0.1, 0.15) is 17.9 Å². The molecule has 0 aliphatic carbocycles. The standard InChI is InChI=1S/C13H14F2N2O/c1-8-4-5-9(14)12(13(8)15)10-7-17-11(18-10)3-2-6-16/h4-5,7H,2-3,6,16H2,1H3. The first-order chi connectivity index (χ1) is 8.63. The van der Waals surface area contributed by atoms with Crippen LogP contribution in [0.5, 0.6) is 0 Å². The summed E-state index contributed by atoms with van der Waals surface area (Å²) in [6.07, 6.45) is 2.62. The summed E-state index contributed by atoms with van der Waals surface area (Å²) in [5.41, 5.74) is 5.57. The van der Waals surface area contributed by atoms with Gasteiger partial charge in [0.25, 0.3) is 0 Å². The van der Waals surface area contributed by atoms with E-state index < -0.39 is 11.6 Å². The normalized spacial score (nSPS) is 10.9. The molecule has 2 aromatic rings. The first-order valence-electron chi connectivity index (χ1n) is 5.73. The second-order valence-electron chi connectivity index (χ2n) is 4.06.